The van der Waals surface area contributed by atoms with Crippen molar-refractivity contribution in [2.75, 3.05) is 0 Å². The number of rotatable bonds is 3. The highest BCUT2D eigenvalue weighted by Gasteiger charge is 1.99. The smallest absolute Gasteiger partial charge is 0.00844 e. The van der Waals surface area contributed by atoms with Gasteiger partial charge in [-0.25, -0.2) is 0 Å². The lowest BCUT2D eigenvalue weighted by atomic mass is 10.0. The summed E-state index contributed by atoms with van der Waals surface area (Å²) in [6, 6.07) is 8.65. The zero-order valence-electron chi connectivity index (χ0n) is 7.68. The van der Waals surface area contributed by atoms with Gasteiger partial charge in [-0.3, -0.25) is 0 Å². The molecule has 1 atom stereocenters. The summed E-state index contributed by atoms with van der Waals surface area (Å²) < 4.78 is 0.780. The van der Waals surface area contributed by atoms with E-state index >= 15 is 0 Å². The van der Waals surface area contributed by atoms with E-state index in [4.69, 9.17) is 0 Å². The van der Waals surface area contributed by atoms with Crippen LogP contribution in [-0.4, -0.2) is 3.92 Å². The zero-order chi connectivity index (χ0) is 8.97. The lowest BCUT2D eigenvalue weighted by Gasteiger charge is -2.05. The van der Waals surface area contributed by atoms with Crippen LogP contribution in [0.3, 0.4) is 0 Å². The van der Waals surface area contributed by atoms with Crippen LogP contribution < -0.4 is 0 Å². The highest BCUT2D eigenvalue weighted by Crippen LogP contribution is 2.13. The van der Waals surface area contributed by atoms with Crippen LogP contribution in [0.5, 0.6) is 0 Å². The maximum Gasteiger partial charge on any atom is 0.00844 e. The molecule has 0 spiro atoms. The molecule has 0 aliphatic carbocycles. The largest absolute Gasteiger partial charge is 0.0829 e. The highest BCUT2D eigenvalue weighted by atomic mass is 127. The Hall–Kier alpha value is -0.0500. The summed E-state index contributed by atoms with van der Waals surface area (Å²) in [4.78, 5) is 0. The van der Waals surface area contributed by atoms with Crippen molar-refractivity contribution in [3.05, 3.63) is 35.4 Å². The molecule has 1 heteroatoms. The Labute approximate surface area is 88.5 Å². The number of hydrogen-bond donors (Lipinski definition) is 0. The normalized spacial score (nSPS) is 12.9. The van der Waals surface area contributed by atoms with E-state index in [1.807, 2.05) is 0 Å². The Morgan fingerprint density at radius 3 is 2.58 bits per heavy atom. The number of hydrogen-bond acceptors (Lipinski definition) is 0. The second-order valence-electron chi connectivity index (χ2n) is 3.25. The molecule has 0 fully saturated rings. The second-order valence-corrected chi connectivity index (χ2v) is 5.37. The minimum atomic E-state index is 0.780. The molecular formula is C11H15I. The zero-order valence-corrected chi connectivity index (χ0v) is 9.84. The molecule has 0 saturated heterocycles. The van der Waals surface area contributed by atoms with Crippen molar-refractivity contribution in [3.8, 4) is 0 Å². The Kier molecular flexibility index (Phi) is 4.06. The van der Waals surface area contributed by atoms with Crippen LogP contribution >= 0.6 is 22.6 Å². The molecule has 0 saturated carbocycles. The molecule has 1 aromatic rings. The minimum absolute atomic E-state index is 0.780. The van der Waals surface area contributed by atoms with Crippen LogP contribution in [0.25, 0.3) is 0 Å². The van der Waals surface area contributed by atoms with Crippen LogP contribution in [0.2, 0.25) is 0 Å². The van der Waals surface area contributed by atoms with E-state index in [1.165, 1.54) is 24.0 Å². The molecule has 1 rings (SSSR count). The summed E-state index contributed by atoms with van der Waals surface area (Å²) in [5, 5.41) is 0. The molecule has 1 aromatic carbocycles. The van der Waals surface area contributed by atoms with Gasteiger partial charge in [-0.2, -0.15) is 0 Å². The summed E-state index contributed by atoms with van der Waals surface area (Å²) in [6.45, 7) is 4.45. The van der Waals surface area contributed by atoms with Crippen LogP contribution in [0.4, 0.5) is 0 Å². The quantitative estimate of drug-likeness (QED) is 0.581. The van der Waals surface area contributed by atoms with E-state index in [1.54, 1.807) is 0 Å². The average molecular weight is 274 g/mol. The highest BCUT2D eigenvalue weighted by molar-refractivity contribution is 14.1. The third-order valence-corrected chi connectivity index (χ3v) is 2.70. The molecule has 0 amide bonds. The number of aryl methyl sites for hydroxylation is 2. The first-order valence-electron chi connectivity index (χ1n) is 4.38. The maximum absolute atomic E-state index is 2.48. The molecule has 0 heterocycles. The van der Waals surface area contributed by atoms with Gasteiger partial charge in [-0.05, 0) is 30.9 Å². The first-order chi connectivity index (χ1) is 5.70. The monoisotopic (exact) mass is 274 g/mol. The van der Waals surface area contributed by atoms with Crippen molar-refractivity contribution in [2.24, 2.45) is 0 Å². The number of alkyl halides is 1. The fraction of sp³-hybridized carbons (Fsp3) is 0.455. The molecule has 0 aliphatic rings. The van der Waals surface area contributed by atoms with Crippen molar-refractivity contribution in [1.29, 1.82) is 0 Å². The summed E-state index contributed by atoms with van der Waals surface area (Å²) in [7, 11) is 0. The third-order valence-electron chi connectivity index (χ3n) is 2.07. The number of benzene rings is 1. The fourth-order valence-corrected chi connectivity index (χ4v) is 1.56. The fourth-order valence-electron chi connectivity index (χ4n) is 1.24. The molecule has 0 radical (unpaired) electrons. The van der Waals surface area contributed by atoms with Gasteiger partial charge in [0.15, 0.2) is 0 Å². The molecule has 0 aliphatic heterocycles. The first kappa shape index (κ1) is 10.0. The minimum Gasteiger partial charge on any atom is -0.0829 e. The van der Waals surface area contributed by atoms with E-state index in [9.17, 15) is 0 Å². The second kappa shape index (κ2) is 4.85. The summed E-state index contributed by atoms with van der Waals surface area (Å²) in [5.74, 6) is 0. The van der Waals surface area contributed by atoms with Crippen molar-refractivity contribution >= 4 is 22.6 Å². The van der Waals surface area contributed by atoms with Crippen molar-refractivity contribution in [1.82, 2.24) is 0 Å². The number of halogens is 1. The van der Waals surface area contributed by atoms with Crippen LogP contribution in [0.1, 0.15) is 24.5 Å². The van der Waals surface area contributed by atoms with Crippen LogP contribution in [0, 0.1) is 6.92 Å². The van der Waals surface area contributed by atoms with Gasteiger partial charge in [0.2, 0.25) is 0 Å². The molecular weight excluding hydrogens is 259 g/mol. The van der Waals surface area contributed by atoms with Crippen LogP contribution in [-0.2, 0) is 6.42 Å². The molecule has 66 valence electrons. The molecule has 1 unspecified atom stereocenters. The van der Waals surface area contributed by atoms with Gasteiger partial charge >= 0.3 is 0 Å². The van der Waals surface area contributed by atoms with Gasteiger partial charge in [-0.15, -0.1) is 0 Å². The molecule has 0 N–H and O–H groups in total. The lowest BCUT2D eigenvalue weighted by molar-refractivity contribution is 0.828. The topological polar surface area (TPSA) is 0 Å². The average Bonchev–Trinajstić information content (AvgIpc) is 2.03. The lowest BCUT2D eigenvalue weighted by Crippen LogP contribution is -1.95. The molecule has 0 aromatic heterocycles. The van der Waals surface area contributed by atoms with Gasteiger partial charge in [0.05, 0.1) is 0 Å². The van der Waals surface area contributed by atoms with E-state index < -0.39 is 0 Å². The molecule has 0 bridgehead atoms. The Bertz CT molecular complexity index is 241. The third kappa shape index (κ3) is 3.13. The SMILES string of the molecule is Cc1ccccc1CCC(C)I. The van der Waals surface area contributed by atoms with Gasteiger partial charge in [-0.1, -0.05) is 53.8 Å². The van der Waals surface area contributed by atoms with E-state index in [0.29, 0.717) is 0 Å². The van der Waals surface area contributed by atoms with E-state index in [-0.39, 0.29) is 0 Å². The van der Waals surface area contributed by atoms with Crippen LogP contribution in [0.15, 0.2) is 24.3 Å². The van der Waals surface area contributed by atoms with E-state index in [0.717, 1.165) is 3.92 Å². The van der Waals surface area contributed by atoms with Gasteiger partial charge in [0, 0.05) is 3.92 Å². The molecule has 0 nitrogen and oxygen atoms in total. The first-order valence-corrected chi connectivity index (χ1v) is 5.63. The van der Waals surface area contributed by atoms with Gasteiger partial charge in [0.25, 0.3) is 0 Å². The van der Waals surface area contributed by atoms with Crippen molar-refractivity contribution in [3.63, 3.8) is 0 Å². The van der Waals surface area contributed by atoms with Crippen molar-refractivity contribution in [2.45, 2.75) is 30.6 Å². The van der Waals surface area contributed by atoms with E-state index in [2.05, 4.69) is 60.7 Å². The molecule has 12 heavy (non-hydrogen) atoms. The summed E-state index contributed by atoms with van der Waals surface area (Å²) in [5.41, 5.74) is 2.93. The summed E-state index contributed by atoms with van der Waals surface area (Å²) >= 11 is 2.48. The Morgan fingerprint density at radius 1 is 1.33 bits per heavy atom. The predicted molar refractivity (Wildman–Crippen MR) is 63.0 cm³/mol. The maximum atomic E-state index is 2.48. The van der Waals surface area contributed by atoms with Gasteiger partial charge in [0.1, 0.15) is 0 Å². The standard InChI is InChI=1S/C11H15I/c1-9-5-3-4-6-11(9)8-7-10(2)12/h3-6,10H,7-8H2,1-2H3. The summed E-state index contributed by atoms with van der Waals surface area (Å²) in [6.07, 6.45) is 2.50. The Balaban J connectivity index is 2.57. The predicted octanol–water partition coefficient (Wildman–Crippen LogP) is 3.75. The Morgan fingerprint density at radius 2 is 2.00 bits per heavy atom. The van der Waals surface area contributed by atoms with Gasteiger partial charge < -0.3 is 0 Å². The van der Waals surface area contributed by atoms with Crippen molar-refractivity contribution < 1.29 is 0 Å².